The van der Waals surface area contributed by atoms with E-state index in [0.29, 0.717) is 17.9 Å². The highest BCUT2D eigenvalue weighted by Crippen LogP contribution is 2.39. The predicted octanol–water partition coefficient (Wildman–Crippen LogP) is 13.6. The van der Waals surface area contributed by atoms with Crippen molar-refractivity contribution < 1.29 is 14.3 Å². The van der Waals surface area contributed by atoms with E-state index < -0.39 is 8.07 Å². The second kappa shape index (κ2) is 18.4. The number of rotatable bonds is 10. The van der Waals surface area contributed by atoms with Gasteiger partial charge in [-0.3, -0.25) is 4.79 Å². The maximum atomic E-state index is 13.2. The van der Waals surface area contributed by atoms with Crippen LogP contribution in [0.2, 0.25) is 25.7 Å². The van der Waals surface area contributed by atoms with E-state index in [1.165, 1.54) is 11.8 Å². The summed E-state index contributed by atoms with van der Waals surface area (Å²) in [5.74, 6) is 5.75. The van der Waals surface area contributed by atoms with Crippen LogP contribution in [0.5, 0.6) is 0 Å². The number of fused-ring (bicyclic) bond motifs is 8. The Morgan fingerprint density at radius 1 is 0.561 bits per heavy atom. The van der Waals surface area contributed by atoms with Gasteiger partial charge in [0, 0.05) is 76.2 Å². The highest BCUT2D eigenvalue weighted by atomic mass is 32.2. The second-order valence-corrected chi connectivity index (χ2v) is 24.2. The van der Waals surface area contributed by atoms with E-state index in [-0.39, 0.29) is 11.1 Å². The zero-order chi connectivity index (χ0) is 46.0. The Balaban J connectivity index is 1.33. The first-order chi connectivity index (χ1) is 31.9. The third-order valence-electron chi connectivity index (χ3n) is 11.6. The number of nitrogens with one attached hydrogen (secondary N) is 2. The lowest BCUT2D eigenvalue weighted by atomic mass is 10.0. The van der Waals surface area contributed by atoms with Crippen molar-refractivity contribution in [3.05, 3.63) is 166 Å². The number of esters is 1. The summed E-state index contributed by atoms with van der Waals surface area (Å²) in [6, 6.07) is 41.0. The molecule has 0 radical (unpaired) electrons. The van der Waals surface area contributed by atoms with Crippen molar-refractivity contribution in [2.45, 2.75) is 38.4 Å². The standard InChI is InChI=1S/C57H46N4O3SSi/c1-7-37-9-15-40(16-10-37)53-45-25-27-49(58-45)55(42-19-13-39(14-20-42)35-65-36(3)62)50-28-26-46(59-50)54(41-17-11-38(8-2)12-18-41)48-30-32-52(61-48)56(51-31-29-47(53)60-51)43-21-23-44(24-22-43)57(63)64-33-34-66(4,5)6/h1-2,9-32,58,61H,33-35H2,3-6H3. The summed E-state index contributed by atoms with van der Waals surface area (Å²) >= 11 is 1.29. The fourth-order valence-electron chi connectivity index (χ4n) is 8.15. The molecule has 0 amide bonds. The van der Waals surface area contributed by atoms with E-state index in [1.54, 1.807) is 6.92 Å². The molecule has 7 aromatic rings. The molecular weight excluding hydrogens is 849 g/mol. The maximum absolute atomic E-state index is 13.2. The number of ether oxygens (including phenoxy) is 1. The average Bonchev–Trinajstić information content (AvgIpc) is 4.17. The fourth-order valence-corrected chi connectivity index (χ4v) is 9.42. The van der Waals surface area contributed by atoms with Gasteiger partial charge in [-0.05, 0) is 119 Å². The summed E-state index contributed by atoms with van der Waals surface area (Å²) in [5, 5.41) is 0.0795. The molecule has 0 fully saturated rings. The van der Waals surface area contributed by atoms with Gasteiger partial charge in [0.05, 0.1) is 34.9 Å². The molecule has 0 unspecified atom stereocenters. The van der Waals surface area contributed by atoms with Crippen molar-refractivity contribution in [1.29, 1.82) is 0 Å². The summed E-state index contributed by atoms with van der Waals surface area (Å²) in [5.41, 5.74) is 16.8. The molecule has 2 N–H and O–H groups in total. The van der Waals surface area contributed by atoms with Gasteiger partial charge in [-0.15, -0.1) is 12.8 Å². The van der Waals surface area contributed by atoms with E-state index >= 15 is 0 Å². The van der Waals surface area contributed by atoms with Gasteiger partial charge in [0.1, 0.15) is 0 Å². The molecule has 9 rings (SSSR count). The molecule has 0 saturated heterocycles. The molecule has 8 bridgehead atoms. The third-order valence-corrected chi connectivity index (χ3v) is 14.2. The van der Waals surface area contributed by atoms with Crippen molar-refractivity contribution >= 4 is 77.3 Å². The molecule has 0 saturated carbocycles. The van der Waals surface area contributed by atoms with Crippen LogP contribution in [0.4, 0.5) is 0 Å². The minimum Gasteiger partial charge on any atom is -0.462 e. The van der Waals surface area contributed by atoms with Crippen LogP contribution in [0.15, 0.2) is 121 Å². The van der Waals surface area contributed by atoms with Crippen LogP contribution in [0.1, 0.15) is 56.7 Å². The minimum atomic E-state index is -1.37. The minimum absolute atomic E-state index is 0.0795. The summed E-state index contributed by atoms with van der Waals surface area (Å²) in [7, 11) is -1.37. The van der Waals surface area contributed by atoms with Crippen LogP contribution in [0.25, 0.3) is 90.9 Å². The largest absolute Gasteiger partial charge is 0.462 e. The van der Waals surface area contributed by atoms with Gasteiger partial charge >= 0.3 is 5.97 Å². The first-order valence-corrected chi connectivity index (χ1v) is 26.4. The molecule has 0 aliphatic carbocycles. The van der Waals surface area contributed by atoms with E-state index in [4.69, 9.17) is 27.6 Å². The zero-order valence-electron chi connectivity index (χ0n) is 37.2. The number of aromatic amines is 2. The lowest BCUT2D eigenvalue weighted by Crippen LogP contribution is -2.22. The molecule has 2 aliphatic rings. The SMILES string of the molecule is C#Cc1ccc(-c2c3nc(c(-c4ccc(C(=O)OCC[Si](C)(C)C)cc4)c4ccc([nH]4)c(-c4ccc(C#C)cc4)c4nc(c(-c5ccc(CSC(C)=O)cc5)c5ccc2[nH]5)C=C4)C=C3)cc1. The van der Waals surface area contributed by atoms with Crippen molar-refractivity contribution in [3.8, 4) is 69.2 Å². The monoisotopic (exact) mass is 894 g/mol. The van der Waals surface area contributed by atoms with Gasteiger partial charge in [0.15, 0.2) is 5.12 Å². The molecule has 66 heavy (non-hydrogen) atoms. The van der Waals surface area contributed by atoms with Gasteiger partial charge in [-0.25, -0.2) is 14.8 Å². The van der Waals surface area contributed by atoms with Crippen molar-refractivity contribution in [2.75, 3.05) is 6.61 Å². The first-order valence-electron chi connectivity index (χ1n) is 21.8. The Morgan fingerprint density at radius 3 is 1.27 bits per heavy atom. The molecule has 4 aromatic carbocycles. The molecule has 0 atom stereocenters. The first kappa shape index (κ1) is 43.6. The van der Waals surface area contributed by atoms with Gasteiger partial charge in [0.2, 0.25) is 0 Å². The highest BCUT2D eigenvalue weighted by molar-refractivity contribution is 8.12. The van der Waals surface area contributed by atoms with Crippen molar-refractivity contribution in [3.63, 3.8) is 0 Å². The Bertz CT molecular complexity index is 3300. The molecular formula is C57H46N4O3SSi. The number of terminal acetylenes is 2. The molecule has 0 spiro atoms. The van der Waals surface area contributed by atoms with Crippen LogP contribution >= 0.6 is 11.8 Å². The van der Waals surface area contributed by atoms with Crippen LogP contribution < -0.4 is 0 Å². The van der Waals surface area contributed by atoms with Gasteiger partial charge in [-0.1, -0.05) is 104 Å². The molecule has 322 valence electrons. The number of thioether (sulfide) groups is 1. The Morgan fingerprint density at radius 2 is 0.924 bits per heavy atom. The number of hydrogen-bond donors (Lipinski definition) is 2. The second-order valence-electron chi connectivity index (χ2n) is 17.4. The summed E-state index contributed by atoms with van der Waals surface area (Å²) in [6.07, 6.45) is 19.8. The number of hydrogen-bond acceptors (Lipinski definition) is 6. The predicted molar refractivity (Wildman–Crippen MR) is 277 cm³/mol. The quantitative estimate of drug-likeness (QED) is 0.0806. The van der Waals surface area contributed by atoms with Gasteiger partial charge < -0.3 is 14.7 Å². The van der Waals surface area contributed by atoms with Crippen LogP contribution in [0, 0.1) is 24.7 Å². The fraction of sp³-hybridized carbons (Fsp3) is 0.123. The highest BCUT2D eigenvalue weighted by Gasteiger charge is 2.20. The van der Waals surface area contributed by atoms with Crippen molar-refractivity contribution in [2.24, 2.45) is 0 Å². The normalized spacial score (nSPS) is 11.8. The van der Waals surface area contributed by atoms with Gasteiger partial charge in [0.25, 0.3) is 0 Å². The number of aromatic nitrogens is 4. The lowest BCUT2D eigenvalue weighted by Gasteiger charge is -2.15. The average molecular weight is 895 g/mol. The number of nitrogens with zero attached hydrogens (tertiary/aromatic N) is 2. The van der Waals surface area contributed by atoms with Crippen LogP contribution in [0.3, 0.4) is 0 Å². The Hall–Kier alpha value is -7.69. The lowest BCUT2D eigenvalue weighted by molar-refractivity contribution is -0.109. The zero-order valence-corrected chi connectivity index (χ0v) is 39.0. The summed E-state index contributed by atoms with van der Waals surface area (Å²) in [6.45, 7) is 8.79. The number of H-pyrrole nitrogens is 2. The van der Waals surface area contributed by atoms with E-state index in [1.807, 2.05) is 84.9 Å². The summed E-state index contributed by atoms with van der Waals surface area (Å²) in [4.78, 5) is 43.4. The molecule has 2 aliphatic heterocycles. The maximum Gasteiger partial charge on any atom is 0.338 e. The molecule has 3 aromatic heterocycles. The molecule has 5 heterocycles. The van der Waals surface area contributed by atoms with E-state index in [2.05, 4.69) is 102 Å². The Kier molecular flexibility index (Phi) is 12.2. The molecule has 9 heteroatoms. The summed E-state index contributed by atoms with van der Waals surface area (Å²) < 4.78 is 5.70. The molecule has 7 nitrogen and oxygen atoms in total. The topological polar surface area (TPSA) is 101 Å². The van der Waals surface area contributed by atoms with E-state index in [9.17, 15) is 9.59 Å². The van der Waals surface area contributed by atoms with Crippen molar-refractivity contribution in [1.82, 2.24) is 19.9 Å². The van der Waals surface area contributed by atoms with Crippen LogP contribution in [-0.4, -0.2) is 45.7 Å². The smallest absolute Gasteiger partial charge is 0.338 e. The number of carbonyl (C=O) groups excluding carboxylic acids is 2. The number of carbonyl (C=O) groups is 2. The number of benzene rings is 4. The van der Waals surface area contributed by atoms with Gasteiger partial charge in [-0.2, -0.15) is 0 Å². The van der Waals surface area contributed by atoms with E-state index in [0.717, 1.165) is 112 Å². The Labute approximate surface area is 390 Å². The third kappa shape index (κ3) is 9.27. The van der Waals surface area contributed by atoms with Crippen LogP contribution in [-0.2, 0) is 15.3 Å².